The van der Waals surface area contributed by atoms with E-state index in [1.807, 2.05) is 36.4 Å². The molecule has 2 saturated heterocycles. The van der Waals surface area contributed by atoms with Gasteiger partial charge < -0.3 is 39.2 Å². The number of pyridine rings is 1. The largest absolute Gasteiger partial charge is 0.451 e. The van der Waals surface area contributed by atoms with Crippen LogP contribution < -0.4 is 25.7 Å². The number of nitrogens with zero attached hydrogens (tertiary/aromatic N) is 3. The Morgan fingerprint density at radius 3 is 2.12 bits per heavy atom. The third-order valence-corrected chi connectivity index (χ3v) is 9.12. The van der Waals surface area contributed by atoms with Gasteiger partial charge in [0, 0.05) is 32.4 Å². The molecule has 2 atom stereocenters. The molecule has 7 rings (SSSR count). The van der Waals surface area contributed by atoms with Crippen LogP contribution in [0.2, 0.25) is 0 Å². The van der Waals surface area contributed by atoms with Gasteiger partial charge in [0.2, 0.25) is 5.43 Å². The number of fused-ring (bicyclic) bond motifs is 3. The number of hydrogen-bond donors (Lipinski definition) is 2. The molecule has 4 aromatic rings. The number of aromatic nitrogens is 1. The Hall–Kier alpha value is -5.33. The molecular weight excluding hydrogens is 657 g/mol. The highest BCUT2D eigenvalue weighted by Crippen LogP contribution is 2.48. The standard InChI is InChI=1S/C38H42FN5O7/c1-37(2,3)50-35(47)40-23-11-13-42(18-23)31-27(39)17-25-30-33(31)49-29-16-22-10-8-7-9-21(22)15-28(29)44(30)20-26(32(25)45)34(46)43-14-12-24(19-43)41-36(48)51-38(4,5)6/h7-10,15-17,20,23-24H,11-14,18-19H2,1-6H3,(H,40,47)(H,41,48)/t23-,24-/m1/s1. The minimum absolute atomic E-state index is 0.00108. The number of likely N-dealkylation sites (tertiary alicyclic amines) is 1. The molecule has 1 aromatic heterocycles. The van der Waals surface area contributed by atoms with Gasteiger partial charge in [-0.1, -0.05) is 24.3 Å². The van der Waals surface area contributed by atoms with Crippen LogP contribution in [-0.4, -0.2) is 77.0 Å². The smallest absolute Gasteiger partial charge is 0.407 e. The number of nitrogens with one attached hydrogen (secondary N) is 2. The molecule has 3 aliphatic heterocycles. The van der Waals surface area contributed by atoms with Crippen LogP contribution in [0.3, 0.4) is 0 Å². The molecule has 0 unspecified atom stereocenters. The molecule has 2 N–H and O–H groups in total. The van der Waals surface area contributed by atoms with Crippen molar-refractivity contribution in [2.75, 3.05) is 31.1 Å². The summed E-state index contributed by atoms with van der Waals surface area (Å²) in [5.41, 5.74) is -0.994. The molecule has 3 amide bonds. The van der Waals surface area contributed by atoms with E-state index in [-0.39, 0.29) is 47.6 Å². The van der Waals surface area contributed by atoms with E-state index in [9.17, 15) is 19.2 Å². The lowest BCUT2D eigenvalue weighted by atomic mass is 10.0. The number of rotatable bonds is 4. The quantitative estimate of drug-likeness (QED) is 0.226. The van der Waals surface area contributed by atoms with Gasteiger partial charge in [-0.2, -0.15) is 0 Å². The second-order valence-electron chi connectivity index (χ2n) is 15.4. The van der Waals surface area contributed by atoms with Crippen LogP contribution in [0.25, 0.3) is 27.4 Å². The number of anilines is 1. The van der Waals surface area contributed by atoms with Gasteiger partial charge in [0.15, 0.2) is 17.3 Å². The van der Waals surface area contributed by atoms with Crippen molar-refractivity contribution in [1.29, 1.82) is 0 Å². The van der Waals surface area contributed by atoms with Gasteiger partial charge in [-0.25, -0.2) is 14.0 Å². The van der Waals surface area contributed by atoms with Crippen LogP contribution in [0, 0.1) is 5.82 Å². The van der Waals surface area contributed by atoms with Gasteiger partial charge in [0.05, 0.1) is 23.2 Å². The summed E-state index contributed by atoms with van der Waals surface area (Å²) >= 11 is 0. The molecule has 51 heavy (non-hydrogen) atoms. The third kappa shape index (κ3) is 6.76. The first-order valence-corrected chi connectivity index (χ1v) is 17.2. The topological polar surface area (TPSA) is 131 Å². The van der Waals surface area contributed by atoms with Crippen molar-refractivity contribution >= 4 is 45.5 Å². The van der Waals surface area contributed by atoms with Gasteiger partial charge in [-0.3, -0.25) is 9.59 Å². The number of benzene rings is 3. The SMILES string of the molecule is CC(C)(C)OC(=O)N[C@@H]1CCN(C(=O)c2cn3c4c(c(N5CC[C@@H](NC(=O)OC(C)(C)C)C5)c(F)cc4c2=O)Oc2cc4ccccc4cc2-3)C1. The van der Waals surface area contributed by atoms with E-state index < -0.39 is 40.5 Å². The first-order valence-electron chi connectivity index (χ1n) is 17.2. The van der Waals surface area contributed by atoms with Crippen molar-refractivity contribution < 1.29 is 33.0 Å². The number of amides is 3. The highest BCUT2D eigenvalue weighted by molar-refractivity contribution is 6.02. The van der Waals surface area contributed by atoms with Gasteiger partial charge in [0.25, 0.3) is 5.91 Å². The Balaban J connectivity index is 1.27. The van der Waals surface area contributed by atoms with Crippen LogP contribution in [0.4, 0.5) is 19.7 Å². The molecule has 0 bridgehead atoms. The van der Waals surface area contributed by atoms with Crippen LogP contribution in [0.5, 0.6) is 11.5 Å². The number of ether oxygens (including phenoxy) is 3. The maximum Gasteiger partial charge on any atom is 0.407 e. The van der Waals surface area contributed by atoms with E-state index in [1.54, 1.807) is 51.0 Å². The number of carbonyl (C=O) groups excluding carboxylic acids is 3. The zero-order chi connectivity index (χ0) is 36.4. The highest BCUT2D eigenvalue weighted by Gasteiger charge is 2.36. The number of alkyl carbamates (subject to hydrolysis) is 2. The maximum atomic E-state index is 16.4. The van der Waals surface area contributed by atoms with Crippen molar-refractivity contribution in [3.05, 3.63) is 70.3 Å². The summed E-state index contributed by atoms with van der Waals surface area (Å²) in [4.78, 5) is 56.4. The average Bonchev–Trinajstić information content (AvgIpc) is 3.68. The van der Waals surface area contributed by atoms with Gasteiger partial charge >= 0.3 is 12.2 Å². The van der Waals surface area contributed by atoms with Crippen molar-refractivity contribution in [1.82, 2.24) is 20.1 Å². The summed E-state index contributed by atoms with van der Waals surface area (Å²) in [6.45, 7) is 11.9. The van der Waals surface area contributed by atoms with Crippen molar-refractivity contribution in [2.45, 2.75) is 77.7 Å². The predicted molar refractivity (Wildman–Crippen MR) is 191 cm³/mol. The number of hydrogen-bond acceptors (Lipinski definition) is 8. The molecule has 2 fully saturated rings. The van der Waals surface area contributed by atoms with E-state index >= 15 is 4.39 Å². The molecule has 0 aliphatic carbocycles. The minimum atomic E-state index is -0.685. The Labute approximate surface area is 294 Å². The molecule has 3 aliphatic rings. The molecule has 0 spiro atoms. The highest BCUT2D eigenvalue weighted by atomic mass is 19.1. The molecular formula is C38H42FN5O7. The monoisotopic (exact) mass is 699 g/mol. The van der Waals surface area contributed by atoms with Crippen molar-refractivity contribution in [3.63, 3.8) is 0 Å². The molecule has 12 nitrogen and oxygen atoms in total. The first kappa shape index (κ1) is 34.1. The molecule has 13 heteroatoms. The molecule has 0 saturated carbocycles. The zero-order valence-corrected chi connectivity index (χ0v) is 29.6. The van der Waals surface area contributed by atoms with Crippen LogP contribution >= 0.6 is 0 Å². The average molecular weight is 700 g/mol. The molecule has 3 aromatic carbocycles. The van der Waals surface area contributed by atoms with Gasteiger partial charge in [0.1, 0.15) is 28.0 Å². The summed E-state index contributed by atoms with van der Waals surface area (Å²) < 4.78 is 35.4. The van der Waals surface area contributed by atoms with E-state index in [0.29, 0.717) is 42.9 Å². The lowest BCUT2D eigenvalue weighted by molar-refractivity contribution is 0.0494. The Bertz CT molecular complexity index is 2150. The maximum absolute atomic E-state index is 16.4. The van der Waals surface area contributed by atoms with Gasteiger partial charge in [-0.05, 0) is 83.4 Å². The predicted octanol–water partition coefficient (Wildman–Crippen LogP) is 6.23. The Morgan fingerprint density at radius 2 is 1.47 bits per heavy atom. The second-order valence-corrected chi connectivity index (χ2v) is 15.4. The Morgan fingerprint density at radius 1 is 0.863 bits per heavy atom. The Kier molecular flexibility index (Phi) is 8.34. The molecule has 268 valence electrons. The fourth-order valence-corrected chi connectivity index (χ4v) is 7.00. The van der Waals surface area contributed by atoms with E-state index in [2.05, 4.69) is 10.6 Å². The summed E-state index contributed by atoms with van der Waals surface area (Å²) in [6.07, 6.45) is 1.40. The summed E-state index contributed by atoms with van der Waals surface area (Å²) in [6, 6.07) is 12.0. The molecule has 0 radical (unpaired) electrons. The van der Waals surface area contributed by atoms with Crippen molar-refractivity contribution in [3.8, 4) is 17.2 Å². The second kappa shape index (κ2) is 12.5. The zero-order valence-electron chi connectivity index (χ0n) is 29.6. The summed E-state index contributed by atoms with van der Waals surface area (Å²) in [5.74, 6) is -0.614. The first-order chi connectivity index (χ1) is 24.0. The summed E-state index contributed by atoms with van der Waals surface area (Å²) in [5, 5.41) is 7.50. The summed E-state index contributed by atoms with van der Waals surface area (Å²) in [7, 11) is 0. The van der Waals surface area contributed by atoms with E-state index in [4.69, 9.17) is 14.2 Å². The fraction of sp³-hybridized carbons (Fsp3) is 0.421. The van der Waals surface area contributed by atoms with E-state index in [0.717, 1.165) is 10.8 Å². The van der Waals surface area contributed by atoms with Crippen LogP contribution in [-0.2, 0) is 9.47 Å². The van der Waals surface area contributed by atoms with Crippen LogP contribution in [0.1, 0.15) is 64.7 Å². The minimum Gasteiger partial charge on any atom is -0.451 e. The van der Waals surface area contributed by atoms with E-state index in [1.165, 1.54) is 17.2 Å². The lowest BCUT2D eigenvalue weighted by Crippen LogP contribution is -2.41. The normalized spacial score (nSPS) is 18.4. The van der Waals surface area contributed by atoms with Crippen LogP contribution in [0.15, 0.2) is 53.5 Å². The third-order valence-electron chi connectivity index (χ3n) is 9.12. The van der Waals surface area contributed by atoms with Crippen molar-refractivity contribution in [2.24, 2.45) is 0 Å². The van der Waals surface area contributed by atoms with Gasteiger partial charge in [-0.15, -0.1) is 0 Å². The fourth-order valence-electron chi connectivity index (χ4n) is 7.00. The number of carbonyl (C=O) groups is 3. The number of halogens is 1. The lowest BCUT2D eigenvalue weighted by Gasteiger charge is -2.30. The molecule has 4 heterocycles.